The van der Waals surface area contributed by atoms with E-state index < -0.39 is 6.10 Å². The van der Waals surface area contributed by atoms with E-state index >= 15 is 0 Å². The van der Waals surface area contributed by atoms with Crippen molar-refractivity contribution in [3.63, 3.8) is 0 Å². The van der Waals surface area contributed by atoms with Crippen molar-refractivity contribution in [2.45, 2.75) is 32.8 Å². The van der Waals surface area contributed by atoms with Crippen LogP contribution in [0.4, 0.5) is 0 Å². The standard InChI is InChI=1S/C14H18O4/c1-4-12(15)14(18-13(16)5-2)10-7-6-8-11(9-10)17-3/h6-9,14H,4-5H2,1-3H3. The van der Waals surface area contributed by atoms with Crippen LogP contribution >= 0.6 is 0 Å². The van der Waals surface area contributed by atoms with E-state index in [-0.39, 0.29) is 18.2 Å². The van der Waals surface area contributed by atoms with Crippen molar-refractivity contribution in [1.29, 1.82) is 0 Å². The predicted molar refractivity (Wildman–Crippen MR) is 67.4 cm³/mol. The molecule has 0 heterocycles. The zero-order valence-corrected chi connectivity index (χ0v) is 10.9. The molecule has 1 aromatic rings. The van der Waals surface area contributed by atoms with Gasteiger partial charge in [0.25, 0.3) is 0 Å². The lowest BCUT2D eigenvalue weighted by molar-refractivity contribution is -0.155. The Morgan fingerprint density at radius 3 is 2.50 bits per heavy atom. The number of ketones is 1. The summed E-state index contributed by atoms with van der Waals surface area (Å²) in [6, 6.07) is 7.01. The third kappa shape index (κ3) is 3.58. The van der Waals surface area contributed by atoms with Gasteiger partial charge in [-0.15, -0.1) is 0 Å². The van der Waals surface area contributed by atoms with Crippen LogP contribution in [0.5, 0.6) is 5.75 Å². The summed E-state index contributed by atoms with van der Waals surface area (Å²) in [7, 11) is 1.55. The minimum Gasteiger partial charge on any atom is -0.497 e. The molecule has 0 aliphatic heterocycles. The van der Waals surface area contributed by atoms with Crippen LogP contribution in [0.2, 0.25) is 0 Å². The summed E-state index contributed by atoms with van der Waals surface area (Å²) in [4.78, 5) is 23.2. The highest BCUT2D eigenvalue weighted by molar-refractivity contribution is 5.86. The van der Waals surface area contributed by atoms with E-state index in [1.165, 1.54) is 0 Å². The van der Waals surface area contributed by atoms with Gasteiger partial charge in [-0.3, -0.25) is 9.59 Å². The van der Waals surface area contributed by atoms with Crippen molar-refractivity contribution in [3.8, 4) is 5.75 Å². The van der Waals surface area contributed by atoms with Crippen LogP contribution in [-0.2, 0) is 14.3 Å². The van der Waals surface area contributed by atoms with Gasteiger partial charge in [-0.2, -0.15) is 0 Å². The molecular formula is C14H18O4. The number of benzene rings is 1. The highest BCUT2D eigenvalue weighted by Gasteiger charge is 2.23. The number of rotatable bonds is 6. The Morgan fingerprint density at radius 2 is 1.94 bits per heavy atom. The number of ether oxygens (including phenoxy) is 2. The van der Waals surface area contributed by atoms with Gasteiger partial charge in [0.2, 0.25) is 0 Å². The molecule has 0 saturated carbocycles. The molecule has 0 aromatic heterocycles. The Hall–Kier alpha value is -1.84. The maximum atomic E-state index is 11.8. The van der Waals surface area contributed by atoms with Crippen LogP contribution in [0.15, 0.2) is 24.3 Å². The molecule has 0 radical (unpaired) electrons. The molecule has 1 unspecified atom stereocenters. The largest absolute Gasteiger partial charge is 0.497 e. The summed E-state index contributed by atoms with van der Waals surface area (Å²) < 4.78 is 10.3. The van der Waals surface area contributed by atoms with Crippen molar-refractivity contribution in [2.24, 2.45) is 0 Å². The van der Waals surface area contributed by atoms with E-state index in [1.807, 2.05) is 0 Å². The second-order valence-electron chi connectivity index (χ2n) is 3.82. The summed E-state index contributed by atoms with van der Waals surface area (Å²) in [5.74, 6) is 0.128. The lowest BCUT2D eigenvalue weighted by Crippen LogP contribution is -2.18. The zero-order valence-electron chi connectivity index (χ0n) is 10.9. The normalized spacial score (nSPS) is 11.7. The number of carbonyl (C=O) groups is 2. The van der Waals surface area contributed by atoms with E-state index in [2.05, 4.69) is 0 Å². The van der Waals surface area contributed by atoms with E-state index in [9.17, 15) is 9.59 Å². The molecular weight excluding hydrogens is 232 g/mol. The Morgan fingerprint density at radius 1 is 1.22 bits per heavy atom. The molecule has 4 heteroatoms. The number of esters is 1. The predicted octanol–water partition coefficient (Wildman–Crippen LogP) is 2.67. The van der Waals surface area contributed by atoms with E-state index in [1.54, 1.807) is 45.2 Å². The van der Waals surface area contributed by atoms with Crippen molar-refractivity contribution >= 4 is 11.8 Å². The lowest BCUT2D eigenvalue weighted by Gasteiger charge is -2.16. The van der Waals surface area contributed by atoms with Crippen LogP contribution in [0.25, 0.3) is 0 Å². The number of hydrogen-bond donors (Lipinski definition) is 0. The summed E-state index contributed by atoms with van der Waals surface area (Å²) in [6.07, 6.45) is -0.270. The topological polar surface area (TPSA) is 52.6 Å². The van der Waals surface area contributed by atoms with Crippen LogP contribution in [0.3, 0.4) is 0 Å². The number of Topliss-reactive ketones (excluding diaryl/α,β-unsaturated/α-hetero) is 1. The summed E-state index contributed by atoms with van der Waals surface area (Å²) in [5.41, 5.74) is 0.642. The molecule has 0 spiro atoms. The fraction of sp³-hybridized carbons (Fsp3) is 0.429. The Balaban J connectivity index is 3.00. The smallest absolute Gasteiger partial charge is 0.306 e. The minimum absolute atomic E-state index is 0.120. The average molecular weight is 250 g/mol. The Bertz CT molecular complexity index is 426. The molecule has 18 heavy (non-hydrogen) atoms. The molecule has 4 nitrogen and oxygen atoms in total. The summed E-state index contributed by atoms with van der Waals surface area (Å²) >= 11 is 0. The average Bonchev–Trinajstić information content (AvgIpc) is 2.43. The van der Waals surface area contributed by atoms with Gasteiger partial charge < -0.3 is 9.47 Å². The molecule has 0 fully saturated rings. The van der Waals surface area contributed by atoms with Crippen LogP contribution in [-0.4, -0.2) is 18.9 Å². The fourth-order valence-corrected chi connectivity index (χ4v) is 1.52. The maximum Gasteiger partial charge on any atom is 0.306 e. The molecule has 0 bridgehead atoms. The monoisotopic (exact) mass is 250 g/mol. The maximum absolute atomic E-state index is 11.8. The molecule has 0 aliphatic rings. The first-order chi connectivity index (χ1) is 8.62. The van der Waals surface area contributed by atoms with Crippen LogP contribution in [0.1, 0.15) is 38.4 Å². The third-order valence-corrected chi connectivity index (χ3v) is 2.58. The van der Waals surface area contributed by atoms with Gasteiger partial charge >= 0.3 is 5.97 Å². The van der Waals surface area contributed by atoms with Crippen LogP contribution < -0.4 is 4.74 Å². The van der Waals surface area contributed by atoms with Gasteiger partial charge in [-0.25, -0.2) is 0 Å². The van der Waals surface area contributed by atoms with E-state index in [0.717, 1.165) is 0 Å². The van der Waals surface area contributed by atoms with E-state index in [4.69, 9.17) is 9.47 Å². The van der Waals surface area contributed by atoms with Crippen molar-refractivity contribution in [3.05, 3.63) is 29.8 Å². The summed E-state index contributed by atoms with van der Waals surface area (Å²) in [5, 5.41) is 0. The van der Waals surface area contributed by atoms with E-state index in [0.29, 0.717) is 17.7 Å². The van der Waals surface area contributed by atoms with Gasteiger partial charge in [-0.05, 0) is 12.1 Å². The number of methoxy groups -OCH3 is 1. The lowest BCUT2D eigenvalue weighted by atomic mass is 10.0. The minimum atomic E-state index is -0.836. The first-order valence-electron chi connectivity index (χ1n) is 5.98. The Kier molecular flexibility index (Phi) is 5.36. The van der Waals surface area contributed by atoms with Gasteiger partial charge in [0.15, 0.2) is 11.9 Å². The van der Waals surface area contributed by atoms with Gasteiger partial charge in [0.05, 0.1) is 7.11 Å². The molecule has 0 aliphatic carbocycles. The number of hydrogen-bond acceptors (Lipinski definition) is 4. The fourth-order valence-electron chi connectivity index (χ4n) is 1.52. The SMILES string of the molecule is CCC(=O)OC(C(=O)CC)c1cccc(OC)c1. The second kappa shape index (κ2) is 6.79. The summed E-state index contributed by atoms with van der Waals surface area (Å²) in [6.45, 7) is 3.44. The molecule has 0 saturated heterocycles. The van der Waals surface area contributed by atoms with Gasteiger partial charge in [0, 0.05) is 18.4 Å². The zero-order chi connectivity index (χ0) is 13.5. The third-order valence-electron chi connectivity index (χ3n) is 2.58. The first-order valence-corrected chi connectivity index (χ1v) is 5.98. The second-order valence-corrected chi connectivity index (χ2v) is 3.82. The van der Waals surface area contributed by atoms with Crippen molar-refractivity contribution in [2.75, 3.05) is 7.11 Å². The molecule has 0 N–H and O–H groups in total. The molecule has 0 amide bonds. The quantitative estimate of drug-likeness (QED) is 0.728. The first kappa shape index (κ1) is 14.2. The highest BCUT2D eigenvalue weighted by Crippen LogP contribution is 2.24. The number of carbonyl (C=O) groups excluding carboxylic acids is 2. The van der Waals surface area contributed by atoms with Gasteiger partial charge in [-0.1, -0.05) is 26.0 Å². The van der Waals surface area contributed by atoms with Crippen molar-refractivity contribution < 1.29 is 19.1 Å². The molecule has 1 atom stereocenters. The highest BCUT2D eigenvalue weighted by atomic mass is 16.5. The van der Waals surface area contributed by atoms with Crippen molar-refractivity contribution in [1.82, 2.24) is 0 Å². The molecule has 98 valence electrons. The molecule has 1 rings (SSSR count). The molecule has 1 aromatic carbocycles. The Labute approximate surface area is 107 Å². The van der Waals surface area contributed by atoms with Crippen LogP contribution in [0, 0.1) is 0 Å². The van der Waals surface area contributed by atoms with Gasteiger partial charge in [0.1, 0.15) is 5.75 Å².